The summed E-state index contributed by atoms with van der Waals surface area (Å²) in [6, 6.07) is 16.9. The van der Waals surface area contributed by atoms with E-state index in [1.54, 1.807) is 0 Å². The van der Waals surface area contributed by atoms with Crippen molar-refractivity contribution in [3.05, 3.63) is 60.2 Å². The third kappa shape index (κ3) is 4.53. The van der Waals surface area contributed by atoms with Gasteiger partial charge >= 0.3 is 0 Å². The standard InChI is InChI=1S/C17H20N2O2/c1-13(15-9-5-6-10-16(15)18)19-17(20)11-12-21-14-7-3-2-4-8-14/h2-10,13H,11-12,18H2,1H3,(H,19,20). The summed E-state index contributed by atoms with van der Waals surface area (Å²) in [6.45, 7) is 2.27. The number of rotatable bonds is 6. The molecule has 110 valence electrons. The maximum atomic E-state index is 11.9. The number of hydrogen-bond acceptors (Lipinski definition) is 3. The number of nitrogens with one attached hydrogen (secondary N) is 1. The molecule has 2 aromatic carbocycles. The first-order valence-corrected chi connectivity index (χ1v) is 6.98. The Kier molecular flexibility index (Phi) is 5.21. The Hall–Kier alpha value is -2.49. The molecule has 0 heterocycles. The van der Waals surface area contributed by atoms with Crippen molar-refractivity contribution in [1.29, 1.82) is 0 Å². The minimum Gasteiger partial charge on any atom is -0.493 e. The van der Waals surface area contributed by atoms with E-state index in [4.69, 9.17) is 10.5 Å². The van der Waals surface area contributed by atoms with Crippen LogP contribution in [0.5, 0.6) is 5.75 Å². The molecule has 0 saturated heterocycles. The lowest BCUT2D eigenvalue weighted by atomic mass is 10.1. The largest absolute Gasteiger partial charge is 0.493 e. The van der Waals surface area contributed by atoms with Crippen LogP contribution < -0.4 is 15.8 Å². The minimum atomic E-state index is -0.115. The predicted molar refractivity (Wildman–Crippen MR) is 84.0 cm³/mol. The molecule has 2 rings (SSSR count). The van der Waals surface area contributed by atoms with E-state index in [0.29, 0.717) is 18.7 Å². The van der Waals surface area contributed by atoms with Gasteiger partial charge in [-0.05, 0) is 30.7 Å². The van der Waals surface area contributed by atoms with Gasteiger partial charge in [-0.1, -0.05) is 36.4 Å². The molecule has 1 amide bonds. The Morgan fingerprint density at radius 3 is 2.52 bits per heavy atom. The molecule has 2 aromatic rings. The van der Waals surface area contributed by atoms with Gasteiger partial charge in [0.2, 0.25) is 5.91 Å². The summed E-state index contributed by atoms with van der Waals surface area (Å²) in [4.78, 5) is 11.9. The SMILES string of the molecule is CC(NC(=O)CCOc1ccccc1)c1ccccc1N. The zero-order valence-corrected chi connectivity index (χ0v) is 12.1. The summed E-state index contributed by atoms with van der Waals surface area (Å²) < 4.78 is 5.50. The van der Waals surface area contributed by atoms with Crippen molar-refractivity contribution in [3.63, 3.8) is 0 Å². The highest BCUT2D eigenvalue weighted by atomic mass is 16.5. The van der Waals surface area contributed by atoms with Crippen LogP contribution in [0.3, 0.4) is 0 Å². The van der Waals surface area contributed by atoms with Crippen molar-refractivity contribution in [1.82, 2.24) is 5.32 Å². The molecule has 0 bridgehead atoms. The molecule has 0 aliphatic carbocycles. The number of para-hydroxylation sites is 2. The van der Waals surface area contributed by atoms with Gasteiger partial charge < -0.3 is 15.8 Å². The fraction of sp³-hybridized carbons (Fsp3) is 0.235. The van der Waals surface area contributed by atoms with Gasteiger partial charge in [0, 0.05) is 5.69 Å². The highest BCUT2D eigenvalue weighted by Crippen LogP contribution is 2.19. The van der Waals surface area contributed by atoms with Crippen molar-refractivity contribution >= 4 is 11.6 Å². The van der Waals surface area contributed by atoms with Crippen LogP contribution in [0.1, 0.15) is 24.9 Å². The van der Waals surface area contributed by atoms with E-state index in [2.05, 4.69) is 5.32 Å². The molecule has 0 radical (unpaired) electrons. The van der Waals surface area contributed by atoms with Crippen molar-refractivity contribution in [3.8, 4) is 5.75 Å². The topological polar surface area (TPSA) is 64.3 Å². The Bertz CT molecular complexity index is 584. The molecule has 0 aromatic heterocycles. The third-order valence-electron chi connectivity index (χ3n) is 3.18. The molecule has 4 nitrogen and oxygen atoms in total. The van der Waals surface area contributed by atoms with E-state index in [0.717, 1.165) is 11.3 Å². The Balaban J connectivity index is 1.78. The van der Waals surface area contributed by atoms with E-state index in [1.807, 2.05) is 61.5 Å². The van der Waals surface area contributed by atoms with E-state index >= 15 is 0 Å². The number of carbonyl (C=O) groups excluding carboxylic acids is 1. The number of hydrogen-bond donors (Lipinski definition) is 2. The second-order valence-corrected chi connectivity index (χ2v) is 4.83. The van der Waals surface area contributed by atoms with Crippen LogP contribution in [0.2, 0.25) is 0 Å². The van der Waals surface area contributed by atoms with E-state index in [9.17, 15) is 4.79 Å². The first-order valence-electron chi connectivity index (χ1n) is 6.98. The highest BCUT2D eigenvalue weighted by Gasteiger charge is 2.11. The molecule has 0 aliphatic heterocycles. The molecule has 0 aliphatic rings. The number of benzene rings is 2. The Morgan fingerprint density at radius 2 is 1.81 bits per heavy atom. The zero-order chi connectivity index (χ0) is 15.1. The number of nitrogen functional groups attached to an aromatic ring is 1. The maximum absolute atomic E-state index is 11.9. The first kappa shape index (κ1) is 14.9. The van der Waals surface area contributed by atoms with Gasteiger partial charge in [-0.15, -0.1) is 0 Å². The van der Waals surface area contributed by atoms with E-state index in [-0.39, 0.29) is 11.9 Å². The van der Waals surface area contributed by atoms with Crippen molar-refractivity contribution in [2.75, 3.05) is 12.3 Å². The summed E-state index contributed by atoms with van der Waals surface area (Å²) in [7, 11) is 0. The molecule has 21 heavy (non-hydrogen) atoms. The number of ether oxygens (including phenoxy) is 1. The lowest BCUT2D eigenvalue weighted by Gasteiger charge is -2.16. The molecular weight excluding hydrogens is 264 g/mol. The van der Waals surface area contributed by atoms with Crippen LogP contribution >= 0.6 is 0 Å². The number of anilines is 1. The lowest BCUT2D eigenvalue weighted by molar-refractivity contribution is -0.122. The molecule has 1 unspecified atom stereocenters. The molecule has 0 fully saturated rings. The molecule has 4 heteroatoms. The fourth-order valence-electron chi connectivity index (χ4n) is 2.07. The number of carbonyl (C=O) groups is 1. The normalized spacial score (nSPS) is 11.7. The van der Waals surface area contributed by atoms with Crippen molar-refractivity contribution < 1.29 is 9.53 Å². The smallest absolute Gasteiger partial charge is 0.223 e. The zero-order valence-electron chi connectivity index (χ0n) is 12.1. The third-order valence-corrected chi connectivity index (χ3v) is 3.18. The van der Waals surface area contributed by atoms with Crippen molar-refractivity contribution in [2.24, 2.45) is 0 Å². The van der Waals surface area contributed by atoms with Crippen LogP contribution in [-0.4, -0.2) is 12.5 Å². The number of nitrogens with two attached hydrogens (primary N) is 1. The van der Waals surface area contributed by atoms with Crippen LogP contribution in [0.4, 0.5) is 5.69 Å². The van der Waals surface area contributed by atoms with Crippen molar-refractivity contribution in [2.45, 2.75) is 19.4 Å². The highest BCUT2D eigenvalue weighted by molar-refractivity contribution is 5.76. The van der Waals surface area contributed by atoms with Gasteiger partial charge in [0.25, 0.3) is 0 Å². The summed E-state index contributed by atoms with van der Waals surface area (Å²) in [6.07, 6.45) is 0.311. The van der Waals surface area contributed by atoms with Gasteiger partial charge in [-0.2, -0.15) is 0 Å². The second kappa shape index (κ2) is 7.33. The Morgan fingerprint density at radius 1 is 1.14 bits per heavy atom. The van der Waals surface area contributed by atoms with Gasteiger partial charge in [0.05, 0.1) is 19.1 Å². The molecule has 3 N–H and O–H groups in total. The predicted octanol–water partition coefficient (Wildman–Crippen LogP) is 2.92. The van der Waals surface area contributed by atoms with Gasteiger partial charge in [0.1, 0.15) is 5.75 Å². The fourth-order valence-corrected chi connectivity index (χ4v) is 2.07. The minimum absolute atomic E-state index is 0.0540. The van der Waals surface area contributed by atoms with Gasteiger partial charge in [-0.3, -0.25) is 4.79 Å². The Labute approximate surface area is 124 Å². The number of amides is 1. The molecule has 0 saturated carbocycles. The summed E-state index contributed by atoms with van der Waals surface area (Å²) in [5, 5.41) is 2.92. The maximum Gasteiger partial charge on any atom is 0.223 e. The van der Waals surface area contributed by atoms with Gasteiger partial charge in [0.15, 0.2) is 0 Å². The average Bonchev–Trinajstić information content (AvgIpc) is 2.48. The first-order chi connectivity index (χ1) is 10.2. The second-order valence-electron chi connectivity index (χ2n) is 4.83. The average molecular weight is 284 g/mol. The summed E-state index contributed by atoms with van der Waals surface area (Å²) in [5.41, 5.74) is 7.51. The molecular formula is C17H20N2O2. The van der Waals surface area contributed by atoms with E-state index in [1.165, 1.54) is 0 Å². The van der Waals surface area contributed by atoms with Crippen LogP contribution in [0.25, 0.3) is 0 Å². The molecule has 0 spiro atoms. The summed E-state index contributed by atoms with van der Waals surface area (Å²) >= 11 is 0. The molecule has 1 atom stereocenters. The van der Waals surface area contributed by atoms with E-state index < -0.39 is 0 Å². The van der Waals surface area contributed by atoms with Crippen LogP contribution in [-0.2, 0) is 4.79 Å². The lowest BCUT2D eigenvalue weighted by Crippen LogP contribution is -2.28. The summed E-state index contributed by atoms with van der Waals surface area (Å²) in [5.74, 6) is 0.715. The van der Waals surface area contributed by atoms with Crippen LogP contribution in [0.15, 0.2) is 54.6 Å². The van der Waals surface area contributed by atoms with Crippen LogP contribution in [0, 0.1) is 0 Å². The van der Waals surface area contributed by atoms with Gasteiger partial charge in [-0.25, -0.2) is 0 Å². The quantitative estimate of drug-likeness (QED) is 0.802. The monoisotopic (exact) mass is 284 g/mol.